The third kappa shape index (κ3) is 4.80. The van der Waals surface area contributed by atoms with Gasteiger partial charge in [-0.05, 0) is 57.0 Å². The van der Waals surface area contributed by atoms with Crippen LogP contribution >= 0.6 is 0 Å². The topological polar surface area (TPSA) is 32.7 Å². The number of aliphatic hydroxyl groups is 1. The number of rotatable bonds is 6. The standard InChI is InChI=1S/C17H27NO2/c1-2-20-16-9-7-15(8-10-16)17(19)11-14-18-12-5-3-4-6-13-18/h7-10,17,19H,2-6,11-14H2,1H3/t17-/m1/s1. The second-order valence-electron chi connectivity index (χ2n) is 5.56. The number of hydrogen-bond donors (Lipinski definition) is 1. The fourth-order valence-electron chi connectivity index (χ4n) is 2.78. The van der Waals surface area contributed by atoms with Gasteiger partial charge in [0.25, 0.3) is 0 Å². The van der Waals surface area contributed by atoms with Gasteiger partial charge in [-0.3, -0.25) is 0 Å². The molecule has 1 aromatic carbocycles. The summed E-state index contributed by atoms with van der Waals surface area (Å²) in [7, 11) is 0. The number of nitrogens with zero attached hydrogens (tertiary/aromatic N) is 1. The first-order chi connectivity index (χ1) is 9.79. The molecule has 0 saturated carbocycles. The summed E-state index contributed by atoms with van der Waals surface area (Å²) in [6.07, 6.45) is 5.77. The van der Waals surface area contributed by atoms with Gasteiger partial charge < -0.3 is 14.7 Å². The molecule has 1 heterocycles. The second-order valence-corrected chi connectivity index (χ2v) is 5.56. The van der Waals surface area contributed by atoms with Crippen LogP contribution < -0.4 is 4.74 Å². The molecule has 0 amide bonds. The van der Waals surface area contributed by atoms with Gasteiger partial charge in [-0.1, -0.05) is 25.0 Å². The largest absolute Gasteiger partial charge is 0.494 e. The molecule has 0 spiro atoms. The van der Waals surface area contributed by atoms with E-state index in [1.165, 1.54) is 38.8 Å². The Bertz CT molecular complexity index is 369. The van der Waals surface area contributed by atoms with Crippen molar-refractivity contribution in [3.8, 4) is 5.75 Å². The highest BCUT2D eigenvalue weighted by atomic mass is 16.5. The Balaban J connectivity index is 1.79. The lowest BCUT2D eigenvalue weighted by atomic mass is 10.1. The summed E-state index contributed by atoms with van der Waals surface area (Å²) < 4.78 is 5.42. The highest BCUT2D eigenvalue weighted by molar-refractivity contribution is 5.28. The van der Waals surface area contributed by atoms with Crippen LogP contribution in [0.2, 0.25) is 0 Å². The van der Waals surface area contributed by atoms with Gasteiger partial charge in [0.05, 0.1) is 12.7 Å². The van der Waals surface area contributed by atoms with Crippen LogP contribution in [0.5, 0.6) is 5.75 Å². The molecule has 0 aromatic heterocycles. The number of likely N-dealkylation sites (tertiary alicyclic amines) is 1. The zero-order valence-corrected chi connectivity index (χ0v) is 12.6. The maximum absolute atomic E-state index is 10.3. The van der Waals surface area contributed by atoms with Crippen LogP contribution in [0, 0.1) is 0 Å². The lowest BCUT2D eigenvalue weighted by Crippen LogP contribution is -2.26. The predicted octanol–water partition coefficient (Wildman–Crippen LogP) is 3.38. The van der Waals surface area contributed by atoms with Gasteiger partial charge in [0.1, 0.15) is 5.75 Å². The zero-order valence-electron chi connectivity index (χ0n) is 12.6. The van der Waals surface area contributed by atoms with E-state index in [4.69, 9.17) is 4.74 Å². The lowest BCUT2D eigenvalue weighted by Gasteiger charge is -2.21. The molecule has 1 N–H and O–H groups in total. The summed E-state index contributed by atoms with van der Waals surface area (Å²) in [4.78, 5) is 2.49. The molecule has 0 bridgehead atoms. The van der Waals surface area contributed by atoms with Crippen molar-refractivity contribution in [1.29, 1.82) is 0 Å². The van der Waals surface area contributed by atoms with Crippen molar-refractivity contribution in [2.24, 2.45) is 0 Å². The molecule has 1 fully saturated rings. The van der Waals surface area contributed by atoms with Crippen molar-refractivity contribution >= 4 is 0 Å². The smallest absolute Gasteiger partial charge is 0.119 e. The van der Waals surface area contributed by atoms with Crippen molar-refractivity contribution in [1.82, 2.24) is 4.90 Å². The van der Waals surface area contributed by atoms with E-state index in [9.17, 15) is 5.11 Å². The summed E-state index contributed by atoms with van der Waals surface area (Å²) >= 11 is 0. The molecule has 1 aromatic rings. The molecular weight excluding hydrogens is 250 g/mol. The van der Waals surface area contributed by atoms with Crippen LogP contribution in [0.3, 0.4) is 0 Å². The monoisotopic (exact) mass is 277 g/mol. The predicted molar refractivity (Wildman–Crippen MR) is 82.1 cm³/mol. The van der Waals surface area contributed by atoms with Gasteiger partial charge in [-0.25, -0.2) is 0 Å². The van der Waals surface area contributed by atoms with Crippen molar-refractivity contribution in [3.63, 3.8) is 0 Å². The van der Waals surface area contributed by atoms with E-state index in [0.29, 0.717) is 6.61 Å². The summed E-state index contributed by atoms with van der Waals surface area (Å²) in [6, 6.07) is 7.82. The fourth-order valence-corrected chi connectivity index (χ4v) is 2.78. The van der Waals surface area contributed by atoms with E-state index >= 15 is 0 Å². The first-order valence-electron chi connectivity index (χ1n) is 7.93. The molecule has 1 aliphatic heterocycles. The zero-order chi connectivity index (χ0) is 14.2. The van der Waals surface area contributed by atoms with E-state index in [1.807, 2.05) is 31.2 Å². The Morgan fingerprint density at radius 3 is 2.35 bits per heavy atom. The quantitative estimate of drug-likeness (QED) is 0.865. The van der Waals surface area contributed by atoms with Crippen LogP contribution in [0.1, 0.15) is 50.7 Å². The minimum absolute atomic E-state index is 0.367. The molecule has 3 nitrogen and oxygen atoms in total. The molecule has 0 unspecified atom stereocenters. The summed E-state index contributed by atoms with van der Waals surface area (Å²) in [5.41, 5.74) is 0.989. The van der Waals surface area contributed by atoms with E-state index in [0.717, 1.165) is 24.3 Å². The van der Waals surface area contributed by atoms with Gasteiger partial charge in [-0.2, -0.15) is 0 Å². The van der Waals surface area contributed by atoms with Gasteiger partial charge >= 0.3 is 0 Å². The number of ether oxygens (including phenoxy) is 1. The Hall–Kier alpha value is -1.06. The van der Waals surface area contributed by atoms with E-state index in [-0.39, 0.29) is 6.10 Å². The first kappa shape index (κ1) is 15.3. The van der Waals surface area contributed by atoms with Crippen LogP contribution in [0.15, 0.2) is 24.3 Å². The van der Waals surface area contributed by atoms with E-state index in [2.05, 4.69) is 4.90 Å². The van der Waals surface area contributed by atoms with Crippen LogP contribution in [0.25, 0.3) is 0 Å². The minimum Gasteiger partial charge on any atom is -0.494 e. The Morgan fingerprint density at radius 1 is 1.10 bits per heavy atom. The average Bonchev–Trinajstić information content (AvgIpc) is 2.74. The number of benzene rings is 1. The molecule has 1 atom stereocenters. The van der Waals surface area contributed by atoms with Crippen molar-refractivity contribution in [3.05, 3.63) is 29.8 Å². The molecule has 2 rings (SSSR count). The third-order valence-electron chi connectivity index (χ3n) is 3.99. The molecule has 1 aliphatic rings. The lowest BCUT2D eigenvalue weighted by molar-refractivity contribution is 0.143. The normalized spacial score (nSPS) is 18.5. The van der Waals surface area contributed by atoms with Gasteiger partial charge in [0, 0.05) is 6.54 Å². The maximum atomic E-state index is 10.3. The average molecular weight is 277 g/mol. The minimum atomic E-state index is -0.367. The van der Waals surface area contributed by atoms with Crippen LogP contribution in [0.4, 0.5) is 0 Å². The SMILES string of the molecule is CCOc1ccc([C@H](O)CCN2CCCCCC2)cc1. The van der Waals surface area contributed by atoms with Gasteiger partial charge in [-0.15, -0.1) is 0 Å². The summed E-state index contributed by atoms with van der Waals surface area (Å²) in [5.74, 6) is 0.871. The number of hydrogen-bond acceptors (Lipinski definition) is 3. The Kier molecular flexibility index (Phi) is 6.34. The van der Waals surface area contributed by atoms with Crippen LogP contribution in [-0.4, -0.2) is 36.2 Å². The van der Waals surface area contributed by atoms with Crippen molar-refractivity contribution in [2.75, 3.05) is 26.2 Å². The second kappa shape index (κ2) is 8.28. The van der Waals surface area contributed by atoms with E-state index in [1.54, 1.807) is 0 Å². The van der Waals surface area contributed by atoms with Crippen molar-refractivity contribution in [2.45, 2.75) is 45.1 Å². The molecule has 3 heteroatoms. The van der Waals surface area contributed by atoms with Crippen molar-refractivity contribution < 1.29 is 9.84 Å². The first-order valence-corrected chi connectivity index (χ1v) is 7.93. The highest BCUT2D eigenvalue weighted by Gasteiger charge is 2.12. The molecule has 0 radical (unpaired) electrons. The maximum Gasteiger partial charge on any atom is 0.119 e. The molecule has 0 aliphatic carbocycles. The molecule has 112 valence electrons. The van der Waals surface area contributed by atoms with Gasteiger partial charge in [0.2, 0.25) is 0 Å². The molecule has 1 saturated heterocycles. The molecular formula is C17H27NO2. The fraction of sp³-hybridized carbons (Fsp3) is 0.647. The number of aliphatic hydroxyl groups excluding tert-OH is 1. The molecule has 20 heavy (non-hydrogen) atoms. The summed E-state index contributed by atoms with van der Waals surface area (Å²) in [5, 5.41) is 10.3. The Morgan fingerprint density at radius 2 is 1.75 bits per heavy atom. The summed E-state index contributed by atoms with van der Waals surface area (Å²) in [6.45, 7) is 6.03. The van der Waals surface area contributed by atoms with Crippen LogP contribution in [-0.2, 0) is 0 Å². The highest BCUT2D eigenvalue weighted by Crippen LogP contribution is 2.21. The Labute approximate surface area is 122 Å². The van der Waals surface area contributed by atoms with E-state index < -0.39 is 0 Å². The van der Waals surface area contributed by atoms with Gasteiger partial charge in [0.15, 0.2) is 0 Å². The third-order valence-corrected chi connectivity index (χ3v) is 3.99.